The van der Waals surface area contributed by atoms with Crippen LogP contribution in [0.2, 0.25) is 0 Å². The molecule has 0 aromatic heterocycles. The number of para-hydroxylation sites is 1. The van der Waals surface area contributed by atoms with E-state index in [-0.39, 0.29) is 17.1 Å². The number of aryl methyl sites for hydroxylation is 1. The molecule has 1 amide bonds. The van der Waals surface area contributed by atoms with Crippen LogP contribution in [-0.2, 0) is 0 Å². The summed E-state index contributed by atoms with van der Waals surface area (Å²) in [5.41, 5.74) is 1.09. The van der Waals surface area contributed by atoms with E-state index in [4.69, 9.17) is 0 Å². The Morgan fingerprint density at radius 3 is 2.56 bits per heavy atom. The SMILES string of the molecule is Cc1cccc(C(=O)NCC(C)(C)C)c1O. The summed E-state index contributed by atoms with van der Waals surface area (Å²) in [6.45, 7) is 8.49. The van der Waals surface area contributed by atoms with Crippen LogP contribution in [0.1, 0.15) is 36.7 Å². The first-order valence-corrected chi connectivity index (χ1v) is 5.38. The molecule has 16 heavy (non-hydrogen) atoms. The van der Waals surface area contributed by atoms with E-state index in [2.05, 4.69) is 5.32 Å². The highest BCUT2D eigenvalue weighted by atomic mass is 16.3. The Bertz CT molecular complexity index is 391. The van der Waals surface area contributed by atoms with Gasteiger partial charge in [-0.05, 0) is 24.0 Å². The van der Waals surface area contributed by atoms with Crippen molar-refractivity contribution in [3.05, 3.63) is 29.3 Å². The predicted octanol–water partition coefficient (Wildman–Crippen LogP) is 2.48. The van der Waals surface area contributed by atoms with Crippen molar-refractivity contribution in [1.82, 2.24) is 5.32 Å². The van der Waals surface area contributed by atoms with Crippen LogP contribution < -0.4 is 5.32 Å². The molecule has 3 nitrogen and oxygen atoms in total. The van der Waals surface area contributed by atoms with Crippen molar-refractivity contribution >= 4 is 5.91 Å². The standard InChI is InChI=1S/C13H19NO2/c1-9-6-5-7-10(11(9)15)12(16)14-8-13(2,3)4/h5-7,15H,8H2,1-4H3,(H,14,16). The topological polar surface area (TPSA) is 49.3 Å². The van der Waals surface area contributed by atoms with Gasteiger partial charge in [-0.15, -0.1) is 0 Å². The zero-order valence-corrected chi connectivity index (χ0v) is 10.3. The number of benzene rings is 1. The second-order valence-electron chi connectivity index (χ2n) is 5.21. The fourth-order valence-electron chi connectivity index (χ4n) is 1.28. The number of hydrogen-bond donors (Lipinski definition) is 2. The number of nitrogens with one attached hydrogen (secondary N) is 1. The number of hydrogen-bond acceptors (Lipinski definition) is 2. The highest BCUT2D eigenvalue weighted by Gasteiger charge is 2.15. The van der Waals surface area contributed by atoms with Crippen molar-refractivity contribution in [2.75, 3.05) is 6.54 Å². The van der Waals surface area contributed by atoms with Crippen LogP contribution in [0.15, 0.2) is 18.2 Å². The fraction of sp³-hybridized carbons (Fsp3) is 0.462. The van der Waals surface area contributed by atoms with Gasteiger partial charge in [0.05, 0.1) is 5.56 Å². The zero-order valence-electron chi connectivity index (χ0n) is 10.3. The molecule has 0 saturated heterocycles. The van der Waals surface area contributed by atoms with Gasteiger partial charge in [0.1, 0.15) is 5.75 Å². The van der Waals surface area contributed by atoms with Crippen molar-refractivity contribution in [3.63, 3.8) is 0 Å². The Hall–Kier alpha value is -1.51. The number of phenolic OH excluding ortho intramolecular Hbond substituents is 1. The summed E-state index contributed by atoms with van der Waals surface area (Å²) in [7, 11) is 0. The van der Waals surface area contributed by atoms with Gasteiger partial charge in [-0.1, -0.05) is 32.9 Å². The largest absolute Gasteiger partial charge is 0.507 e. The lowest BCUT2D eigenvalue weighted by atomic mass is 9.97. The molecule has 0 aliphatic carbocycles. The maximum atomic E-state index is 11.8. The van der Waals surface area contributed by atoms with Crippen LogP contribution in [-0.4, -0.2) is 17.6 Å². The molecule has 88 valence electrons. The Morgan fingerprint density at radius 2 is 2.00 bits per heavy atom. The van der Waals surface area contributed by atoms with E-state index in [1.54, 1.807) is 25.1 Å². The van der Waals surface area contributed by atoms with E-state index >= 15 is 0 Å². The molecule has 2 N–H and O–H groups in total. The molecule has 1 aromatic carbocycles. The van der Waals surface area contributed by atoms with Gasteiger partial charge >= 0.3 is 0 Å². The van der Waals surface area contributed by atoms with Crippen molar-refractivity contribution < 1.29 is 9.90 Å². The van der Waals surface area contributed by atoms with Crippen LogP contribution in [0, 0.1) is 12.3 Å². The summed E-state index contributed by atoms with van der Waals surface area (Å²) < 4.78 is 0. The molecular weight excluding hydrogens is 202 g/mol. The van der Waals surface area contributed by atoms with Crippen LogP contribution in [0.4, 0.5) is 0 Å². The highest BCUT2D eigenvalue weighted by Crippen LogP contribution is 2.21. The average molecular weight is 221 g/mol. The molecule has 0 aliphatic rings. The van der Waals surface area contributed by atoms with Crippen LogP contribution in [0.25, 0.3) is 0 Å². The summed E-state index contributed by atoms with van der Waals surface area (Å²) in [6.07, 6.45) is 0. The van der Waals surface area contributed by atoms with Crippen molar-refractivity contribution in [2.24, 2.45) is 5.41 Å². The summed E-state index contributed by atoms with van der Waals surface area (Å²) >= 11 is 0. The maximum Gasteiger partial charge on any atom is 0.255 e. The summed E-state index contributed by atoms with van der Waals surface area (Å²) in [5.74, 6) is -0.162. The summed E-state index contributed by atoms with van der Waals surface area (Å²) in [5, 5.41) is 12.5. The van der Waals surface area contributed by atoms with Crippen LogP contribution in [0.3, 0.4) is 0 Å². The normalized spacial score (nSPS) is 11.2. The second kappa shape index (κ2) is 4.56. The molecule has 1 aromatic rings. The van der Waals surface area contributed by atoms with E-state index in [1.165, 1.54) is 0 Å². The molecule has 0 bridgehead atoms. The molecular formula is C13H19NO2. The number of amides is 1. The first kappa shape index (κ1) is 12.6. The monoisotopic (exact) mass is 221 g/mol. The number of carbonyl (C=O) groups is 1. The fourth-order valence-corrected chi connectivity index (χ4v) is 1.28. The van der Waals surface area contributed by atoms with E-state index in [9.17, 15) is 9.90 Å². The minimum absolute atomic E-state index is 0.0368. The zero-order chi connectivity index (χ0) is 12.3. The minimum Gasteiger partial charge on any atom is -0.507 e. The number of aromatic hydroxyl groups is 1. The molecule has 0 fully saturated rings. The molecule has 0 heterocycles. The number of carbonyl (C=O) groups excluding carboxylic acids is 1. The molecule has 1 rings (SSSR count). The maximum absolute atomic E-state index is 11.8. The predicted molar refractivity (Wildman–Crippen MR) is 64.6 cm³/mol. The molecule has 0 saturated carbocycles. The van der Waals surface area contributed by atoms with Gasteiger partial charge in [-0.25, -0.2) is 0 Å². The Balaban J connectivity index is 2.78. The third-order valence-electron chi connectivity index (χ3n) is 2.26. The second-order valence-corrected chi connectivity index (χ2v) is 5.21. The Morgan fingerprint density at radius 1 is 1.38 bits per heavy atom. The van der Waals surface area contributed by atoms with Gasteiger partial charge in [0.25, 0.3) is 5.91 Å². The first-order valence-electron chi connectivity index (χ1n) is 5.38. The molecule has 0 radical (unpaired) electrons. The van der Waals surface area contributed by atoms with Gasteiger partial charge in [-0.2, -0.15) is 0 Å². The molecule has 0 aliphatic heterocycles. The van der Waals surface area contributed by atoms with E-state index in [0.717, 1.165) is 0 Å². The lowest BCUT2D eigenvalue weighted by Gasteiger charge is -2.19. The molecule has 0 atom stereocenters. The molecule has 3 heteroatoms. The Kier molecular flexibility index (Phi) is 3.58. The summed E-state index contributed by atoms with van der Waals surface area (Å²) in [4.78, 5) is 11.8. The van der Waals surface area contributed by atoms with Gasteiger partial charge in [0.15, 0.2) is 0 Å². The molecule has 0 unspecified atom stereocenters. The quantitative estimate of drug-likeness (QED) is 0.806. The first-order chi connectivity index (χ1) is 7.31. The smallest absolute Gasteiger partial charge is 0.255 e. The third kappa shape index (κ3) is 3.26. The Labute approximate surface area is 96.5 Å². The van der Waals surface area contributed by atoms with E-state index in [0.29, 0.717) is 17.7 Å². The van der Waals surface area contributed by atoms with Gasteiger partial charge in [0, 0.05) is 6.54 Å². The van der Waals surface area contributed by atoms with Gasteiger partial charge in [-0.3, -0.25) is 4.79 Å². The lowest BCUT2D eigenvalue weighted by molar-refractivity contribution is 0.0936. The minimum atomic E-state index is -0.226. The van der Waals surface area contributed by atoms with Crippen molar-refractivity contribution in [2.45, 2.75) is 27.7 Å². The van der Waals surface area contributed by atoms with E-state index < -0.39 is 0 Å². The number of phenols is 1. The van der Waals surface area contributed by atoms with Gasteiger partial charge < -0.3 is 10.4 Å². The third-order valence-corrected chi connectivity index (χ3v) is 2.26. The number of rotatable bonds is 2. The highest BCUT2D eigenvalue weighted by molar-refractivity contribution is 5.97. The lowest BCUT2D eigenvalue weighted by Crippen LogP contribution is -2.32. The van der Waals surface area contributed by atoms with Gasteiger partial charge in [0.2, 0.25) is 0 Å². The average Bonchev–Trinajstić information content (AvgIpc) is 2.17. The molecule has 0 spiro atoms. The van der Waals surface area contributed by atoms with Crippen LogP contribution >= 0.6 is 0 Å². The van der Waals surface area contributed by atoms with Crippen molar-refractivity contribution in [1.29, 1.82) is 0 Å². The van der Waals surface area contributed by atoms with Crippen molar-refractivity contribution in [3.8, 4) is 5.75 Å². The summed E-state index contributed by atoms with van der Waals surface area (Å²) in [6, 6.07) is 5.16. The van der Waals surface area contributed by atoms with E-state index in [1.807, 2.05) is 20.8 Å². The van der Waals surface area contributed by atoms with Crippen LogP contribution in [0.5, 0.6) is 5.75 Å².